The Morgan fingerprint density at radius 2 is 2.29 bits per heavy atom. The number of fused-ring (bicyclic) bond motifs is 1. The number of benzene rings is 1. The topological polar surface area (TPSA) is 33.6 Å². The summed E-state index contributed by atoms with van der Waals surface area (Å²) < 4.78 is 3.40. The number of rotatable bonds is 2. The number of hydrogen-bond acceptors (Lipinski definition) is 1. The van der Waals surface area contributed by atoms with Crippen molar-refractivity contribution in [1.29, 1.82) is 0 Å². The van der Waals surface area contributed by atoms with E-state index in [1.807, 2.05) is 12.5 Å². The minimum absolute atomic E-state index is 0.936. The van der Waals surface area contributed by atoms with Crippen LogP contribution in [0, 0.1) is 3.57 Å². The molecule has 86 valence electrons. The van der Waals surface area contributed by atoms with Crippen molar-refractivity contribution in [3.8, 4) is 11.3 Å². The Morgan fingerprint density at radius 1 is 1.41 bits per heavy atom. The first-order chi connectivity index (χ1) is 8.29. The predicted molar refractivity (Wildman–Crippen MR) is 77.9 cm³/mol. The van der Waals surface area contributed by atoms with Gasteiger partial charge in [0.15, 0.2) is 0 Å². The molecule has 0 amide bonds. The van der Waals surface area contributed by atoms with E-state index in [0.717, 1.165) is 6.54 Å². The summed E-state index contributed by atoms with van der Waals surface area (Å²) in [5.41, 5.74) is 3.56. The number of nitrogens with one attached hydrogen (secondary N) is 1. The Kier molecular flexibility index (Phi) is 2.66. The molecule has 0 aliphatic carbocycles. The molecule has 0 bridgehead atoms. The average molecular weight is 337 g/mol. The molecule has 0 aliphatic heterocycles. The SMILES string of the molecule is CCn1cncc1-c1c[nH]c2ccc(I)cc12. The zero-order valence-electron chi connectivity index (χ0n) is 9.44. The van der Waals surface area contributed by atoms with Crippen LogP contribution in [-0.2, 0) is 6.54 Å². The summed E-state index contributed by atoms with van der Waals surface area (Å²) in [7, 11) is 0. The highest BCUT2D eigenvalue weighted by atomic mass is 127. The fraction of sp³-hybridized carbons (Fsp3) is 0.154. The van der Waals surface area contributed by atoms with Crippen molar-refractivity contribution in [1.82, 2.24) is 14.5 Å². The monoisotopic (exact) mass is 337 g/mol. The number of imidazole rings is 1. The summed E-state index contributed by atoms with van der Waals surface area (Å²) in [5, 5.41) is 1.26. The van der Waals surface area contributed by atoms with Crippen LogP contribution in [0.2, 0.25) is 0 Å². The van der Waals surface area contributed by atoms with Gasteiger partial charge in [-0.25, -0.2) is 4.98 Å². The van der Waals surface area contributed by atoms with Crippen molar-refractivity contribution in [2.24, 2.45) is 0 Å². The van der Waals surface area contributed by atoms with Crippen molar-refractivity contribution in [2.45, 2.75) is 13.5 Å². The lowest BCUT2D eigenvalue weighted by Gasteiger charge is -2.03. The molecule has 0 spiro atoms. The second-order valence-electron chi connectivity index (χ2n) is 3.96. The molecule has 3 rings (SSSR count). The molecule has 2 heterocycles. The molecule has 0 saturated heterocycles. The Labute approximate surface area is 113 Å². The molecule has 0 fully saturated rings. The summed E-state index contributed by atoms with van der Waals surface area (Å²) in [5.74, 6) is 0. The van der Waals surface area contributed by atoms with Crippen LogP contribution < -0.4 is 0 Å². The first-order valence-electron chi connectivity index (χ1n) is 5.56. The van der Waals surface area contributed by atoms with Crippen LogP contribution in [0.4, 0.5) is 0 Å². The lowest BCUT2D eigenvalue weighted by Crippen LogP contribution is -1.93. The quantitative estimate of drug-likeness (QED) is 0.712. The molecule has 3 nitrogen and oxygen atoms in total. The second-order valence-corrected chi connectivity index (χ2v) is 5.20. The van der Waals surface area contributed by atoms with Gasteiger partial charge in [0.05, 0.1) is 18.2 Å². The third kappa shape index (κ3) is 1.76. The number of H-pyrrole nitrogens is 1. The molecule has 0 saturated carbocycles. The molecule has 0 aliphatic rings. The lowest BCUT2D eigenvalue weighted by molar-refractivity contribution is 0.769. The highest BCUT2D eigenvalue weighted by Gasteiger charge is 2.10. The number of nitrogens with zero attached hydrogens (tertiary/aromatic N) is 2. The molecule has 1 aromatic carbocycles. The summed E-state index contributed by atoms with van der Waals surface area (Å²) in [6.07, 6.45) is 5.86. The zero-order chi connectivity index (χ0) is 11.8. The van der Waals surface area contributed by atoms with Gasteiger partial charge in [-0.3, -0.25) is 0 Å². The van der Waals surface area contributed by atoms with Crippen molar-refractivity contribution < 1.29 is 0 Å². The van der Waals surface area contributed by atoms with E-state index >= 15 is 0 Å². The van der Waals surface area contributed by atoms with Crippen molar-refractivity contribution >= 4 is 33.5 Å². The first kappa shape index (κ1) is 10.8. The third-order valence-electron chi connectivity index (χ3n) is 2.97. The van der Waals surface area contributed by atoms with Gasteiger partial charge in [-0.05, 0) is 47.7 Å². The maximum absolute atomic E-state index is 4.23. The molecule has 0 radical (unpaired) electrons. The highest BCUT2D eigenvalue weighted by Crippen LogP contribution is 2.29. The first-order valence-corrected chi connectivity index (χ1v) is 6.64. The fourth-order valence-corrected chi connectivity index (χ4v) is 2.59. The fourth-order valence-electron chi connectivity index (χ4n) is 2.10. The molecule has 0 unspecified atom stereocenters. The summed E-state index contributed by atoms with van der Waals surface area (Å²) in [4.78, 5) is 7.54. The van der Waals surface area contributed by atoms with E-state index in [4.69, 9.17) is 0 Å². The van der Waals surface area contributed by atoms with E-state index in [2.05, 4.69) is 68.4 Å². The van der Waals surface area contributed by atoms with Crippen LogP contribution in [-0.4, -0.2) is 14.5 Å². The van der Waals surface area contributed by atoms with Crippen LogP contribution in [0.3, 0.4) is 0 Å². The van der Waals surface area contributed by atoms with Gasteiger partial charge in [0.25, 0.3) is 0 Å². The van der Waals surface area contributed by atoms with Gasteiger partial charge in [0.2, 0.25) is 0 Å². The van der Waals surface area contributed by atoms with Crippen LogP contribution >= 0.6 is 22.6 Å². The van der Waals surface area contributed by atoms with Crippen LogP contribution in [0.25, 0.3) is 22.2 Å². The molecule has 0 atom stereocenters. The number of hydrogen-bond donors (Lipinski definition) is 1. The normalized spacial score (nSPS) is 11.2. The van der Waals surface area contributed by atoms with Gasteiger partial charge in [-0.1, -0.05) is 0 Å². The lowest BCUT2D eigenvalue weighted by atomic mass is 10.1. The molecule has 2 aromatic heterocycles. The average Bonchev–Trinajstić information content (AvgIpc) is 2.93. The number of aromatic amines is 1. The van der Waals surface area contributed by atoms with Crippen molar-refractivity contribution in [2.75, 3.05) is 0 Å². The largest absolute Gasteiger partial charge is 0.360 e. The Bertz CT molecular complexity index is 666. The van der Waals surface area contributed by atoms with E-state index in [0.29, 0.717) is 0 Å². The standard InChI is InChI=1S/C13H12IN3/c1-2-17-8-15-7-13(17)11-6-16-12-4-3-9(14)5-10(11)12/h3-8,16H,2H2,1H3. The Balaban J connectivity index is 2.27. The van der Waals surface area contributed by atoms with Crippen LogP contribution in [0.15, 0.2) is 36.9 Å². The maximum Gasteiger partial charge on any atom is 0.0950 e. The van der Waals surface area contributed by atoms with Gasteiger partial charge in [0.1, 0.15) is 0 Å². The minimum Gasteiger partial charge on any atom is -0.360 e. The van der Waals surface area contributed by atoms with E-state index in [1.165, 1.54) is 25.7 Å². The highest BCUT2D eigenvalue weighted by molar-refractivity contribution is 14.1. The number of aromatic nitrogens is 3. The molecular formula is C13H12IN3. The van der Waals surface area contributed by atoms with Gasteiger partial charge in [-0.15, -0.1) is 0 Å². The number of aryl methyl sites for hydroxylation is 1. The molecular weight excluding hydrogens is 325 g/mol. The molecule has 1 N–H and O–H groups in total. The summed E-state index contributed by atoms with van der Waals surface area (Å²) in [6, 6.07) is 6.43. The smallest absolute Gasteiger partial charge is 0.0950 e. The Morgan fingerprint density at radius 3 is 3.12 bits per heavy atom. The van der Waals surface area contributed by atoms with Gasteiger partial charge in [-0.2, -0.15) is 0 Å². The zero-order valence-corrected chi connectivity index (χ0v) is 11.6. The summed E-state index contributed by atoms with van der Waals surface area (Å²) in [6.45, 7) is 3.07. The second kappa shape index (κ2) is 4.18. The molecule has 17 heavy (non-hydrogen) atoms. The van der Waals surface area contributed by atoms with E-state index in [-0.39, 0.29) is 0 Å². The van der Waals surface area contributed by atoms with Gasteiger partial charge in [0, 0.05) is 32.8 Å². The van der Waals surface area contributed by atoms with Crippen molar-refractivity contribution in [3.63, 3.8) is 0 Å². The molecule has 3 aromatic rings. The molecule has 4 heteroatoms. The van der Waals surface area contributed by atoms with E-state index in [1.54, 1.807) is 0 Å². The van der Waals surface area contributed by atoms with Crippen LogP contribution in [0.5, 0.6) is 0 Å². The van der Waals surface area contributed by atoms with Gasteiger partial charge >= 0.3 is 0 Å². The van der Waals surface area contributed by atoms with Gasteiger partial charge < -0.3 is 9.55 Å². The van der Waals surface area contributed by atoms with E-state index in [9.17, 15) is 0 Å². The van der Waals surface area contributed by atoms with E-state index < -0.39 is 0 Å². The number of halogens is 1. The predicted octanol–water partition coefficient (Wildman–Crippen LogP) is 3.66. The van der Waals surface area contributed by atoms with Crippen LogP contribution in [0.1, 0.15) is 6.92 Å². The Hall–Kier alpha value is -1.30. The summed E-state index contributed by atoms with van der Waals surface area (Å²) >= 11 is 2.34. The minimum atomic E-state index is 0.936. The van der Waals surface area contributed by atoms with Crippen molar-refractivity contribution in [3.05, 3.63) is 40.5 Å². The maximum atomic E-state index is 4.23. The third-order valence-corrected chi connectivity index (χ3v) is 3.64.